The summed E-state index contributed by atoms with van der Waals surface area (Å²) >= 11 is 0. The van der Waals surface area contributed by atoms with E-state index >= 15 is 0 Å². The van der Waals surface area contributed by atoms with Crippen LogP contribution in [0.1, 0.15) is 11.1 Å². The van der Waals surface area contributed by atoms with Crippen molar-refractivity contribution < 1.29 is 9.47 Å². The zero-order valence-corrected chi connectivity index (χ0v) is 9.80. The molecule has 3 nitrogen and oxygen atoms in total. The minimum absolute atomic E-state index is 0.303. The lowest BCUT2D eigenvalue weighted by molar-refractivity contribution is 0.174. The van der Waals surface area contributed by atoms with Gasteiger partial charge in [-0.2, -0.15) is 0 Å². The maximum absolute atomic E-state index is 5.73. The summed E-state index contributed by atoms with van der Waals surface area (Å²) in [5, 5.41) is 0. The summed E-state index contributed by atoms with van der Waals surface area (Å²) in [6, 6.07) is 13.6. The molecular formula is C15H13NO2. The van der Waals surface area contributed by atoms with E-state index in [0.717, 1.165) is 28.3 Å². The average Bonchev–Trinajstić information content (AvgIpc) is 2.84. The summed E-state index contributed by atoms with van der Waals surface area (Å²) in [7, 11) is 0. The van der Waals surface area contributed by atoms with E-state index in [2.05, 4.69) is 0 Å². The number of benzene rings is 2. The molecule has 3 rings (SSSR count). The van der Waals surface area contributed by atoms with Crippen LogP contribution in [0.15, 0.2) is 42.5 Å². The van der Waals surface area contributed by atoms with Gasteiger partial charge < -0.3 is 15.2 Å². The first kappa shape index (κ1) is 10.7. The largest absolute Gasteiger partial charge is 0.454 e. The molecule has 2 N–H and O–H groups in total. The molecule has 90 valence electrons. The van der Waals surface area contributed by atoms with Gasteiger partial charge in [-0.3, -0.25) is 0 Å². The average molecular weight is 239 g/mol. The van der Waals surface area contributed by atoms with Crippen LogP contribution in [-0.4, -0.2) is 6.79 Å². The van der Waals surface area contributed by atoms with Gasteiger partial charge in [0.1, 0.15) is 0 Å². The monoisotopic (exact) mass is 239 g/mol. The van der Waals surface area contributed by atoms with E-state index in [4.69, 9.17) is 15.2 Å². The van der Waals surface area contributed by atoms with Crippen LogP contribution < -0.4 is 15.2 Å². The lowest BCUT2D eigenvalue weighted by Crippen LogP contribution is -1.92. The summed E-state index contributed by atoms with van der Waals surface area (Å²) in [5.74, 6) is 1.60. The van der Waals surface area contributed by atoms with Gasteiger partial charge in [-0.1, -0.05) is 30.4 Å². The molecule has 1 aliphatic heterocycles. The molecule has 0 atom stereocenters. The molecule has 0 spiro atoms. The fraction of sp³-hybridized carbons (Fsp3) is 0.0667. The highest BCUT2D eigenvalue weighted by Gasteiger charge is 2.11. The number of nitrogens with two attached hydrogens (primary N) is 1. The smallest absolute Gasteiger partial charge is 0.231 e. The Balaban J connectivity index is 1.84. The number of ether oxygens (including phenoxy) is 2. The summed E-state index contributed by atoms with van der Waals surface area (Å²) < 4.78 is 10.6. The summed E-state index contributed by atoms with van der Waals surface area (Å²) in [4.78, 5) is 0. The normalized spacial score (nSPS) is 13.1. The Labute approximate surface area is 105 Å². The Bertz CT molecular complexity index is 605. The predicted molar refractivity (Wildman–Crippen MR) is 72.3 cm³/mol. The fourth-order valence-electron chi connectivity index (χ4n) is 1.87. The van der Waals surface area contributed by atoms with Gasteiger partial charge in [0.2, 0.25) is 6.79 Å². The Morgan fingerprint density at radius 2 is 1.67 bits per heavy atom. The summed E-state index contributed by atoms with van der Waals surface area (Å²) in [6.45, 7) is 0.303. The van der Waals surface area contributed by atoms with E-state index in [1.165, 1.54) is 0 Å². The summed E-state index contributed by atoms with van der Waals surface area (Å²) in [5.41, 5.74) is 8.64. The molecule has 0 unspecified atom stereocenters. The number of rotatable bonds is 2. The lowest BCUT2D eigenvalue weighted by Gasteiger charge is -1.98. The number of hydrogen-bond acceptors (Lipinski definition) is 3. The zero-order chi connectivity index (χ0) is 12.4. The molecule has 1 heterocycles. The first-order valence-corrected chi connectivity index (χ1v) is 5.74. The molecule has 2 aromatic carbocycles. The molecular weight excluding hydrogens is 226 g/mol. The Hall–Kier alpha value is -2.42. The van der Waals surface area contributed by atoms with Gasteiger partial charge in [0.15, 0.2) is 11.5 Å². The maximum Gasteiger partial charge on any atom is 0.231 e. The van der Waals surface area contributed by atoms with E-state index in [9.17, 15) is 0 Å². The Kier molecular flexibility index (Phi) is 2.65. The first-order valence-electron chi connectivity index (χ1n) is 5.74. The van der Waals surface area contributed by atoms with Crippen LogP contribution in [0.5, 0.6) is 11.5 Å². The van der Waals surface area contributed by atoms with E-state index in [0.29, 0.717) is 6.79 Å². The quantitative estimate of drug-likeness (QED) is 0.646. The van der Waals surface area contributed by atoms with Crippen LogP contribution in [0.2, 0.25) is 0 Å². The molecule has 0 amide bonds. The highest BCUT2D eigenvalue weighted by atomic mass is 16.7. The topological polar surface area (TPSA) is 44.5 Å². The van der Waals surface area contributed by atoms with Gasteiger partial charge in [-0.15, -0.1) is 0 Å². The van der Waals surface area contributed by atoms with Crippen LogP contribution in [0.4, 0.5) is 5.69 Å². The SMILES string of the molecule is Nc1cccc(/C=C/c2ccc3c(c2)OCO3)c1. The maximum atomic E-state index is 5.73. The lowest BCUT2D eigenvalue weighted by atomic mass is 10.1. The third-order valence-electron chi connectivity index (χ3n) is 2.78. The van der Waals surface area contributed by atoms with Crippen molar-refractivity contribution in [3.05, 3.63) is 53.6 Å². The van der Waals surface area contributed by atoms with Crippen LogP contribution in [-0.2, 0) is 0 Å². The van der Waals surface area contributed by atoms with E-state index in [1.807, 2.05) is 54.6 Å². The van der Waals surface area contributed by atoms with Crippen LogP contribution in [0.3, 0.4) is 0 Å². The van der Waals surface area contributed by atoms with Crippen molar-refractivity contribution >= 4 is 17.8 Å². The van der Waals surface area contributed by atoms with Crippen LogP contribution in [0.25, 0.3) is 12.2 Å². The number of anilines is 1. The molecule has 0 aliphatic carbocycles. The number of hydrogen-bond donors (Lipinski definition) is 1. The number of fused-ring (bicyclic) bond motifs is 1. The van der Waals surface area contributed by atoms with Crippen LogP contribution >= 0.6 is 0 Å². The molecule has 0 saturated carbocycles. The van der Waals surface area contributed by atoms with Gasteiger partial charge in [-0.05, 0) is 35.4 Å². The van der Waals surface area contributed by atoms with Crippen LogP contribution in [0, 0.1) is 0 Å². The molecule has 1 aliphatic rings. The molecule has 18 heavy (non-hydrogen) atoms. The Morgan fingerprint density at radius 3 is 2.50 bits per heavy atom. The van der Waals surface area contributed by atoms with Crippen molar-refractivity contribution in [2.45, 2.75) is 0 Å². The molecule has 0 aromatic heterocycles. The second-order valence-corrected chi connectivity index (χ2v) is 4.12. The Morgan fingerprint density at radius 1 is 0.889 bits per heavy atom. The van der Waals surface area contributed by atoms with E-state index in [-0.39, 0.29) is 0 Å². The van der Waals surface area contributed by atoms with Gasteiger partial charge in [0.25, 0.3) is 0 Å². The molecule has 0 bridgehead atoms. The minimum atomic E-state index is 0.303. The van der Waals surface area contributed by atoms with Crippen molar-refractivity contribution in [3.8, 4) is 11.5 Å². The molecule has 0 radical (unpaired) electrons. The minimum Gasteiger partial charge on any atom is -0.454 e. The fourth-order valence-corrected chi connectivity index (χ4v) is 1.87. The third-order valence-corrected chi connectivity index (χ3v) is 2.78. The van der Waals surface area contributed by atoms with Crippen molar-refractivity contribution in [1.82, 2.24) is 0 Å². The standard InChI is InChI=1S/C15H13NO2/c16-13-3-1-2-11(8-13)4-5-12-6-7-14-15(9-12)18-10-17-14/h1-9H,10,16H2/b5-4+. The predicted octanol–water partition coefficient (Wildman–Crippen LogP) is 3.17. The zero-order valence-electron chi connectivity index (χ0n) is 9.80. The van der Waals surface area contributed by atoms with Gasteiger partial charge >= 0.3 is 0 Å². The van der Waals surface area contributed by atoms with Gasteiger partial charge in [-0.25, -0.2) is 0 Å². The molecule has 0 saturated heterocycles. The molecule has 0 fully saturated rings. The van der Waals surface area contributed by atoms with Crippen molar-refractivity contribution in [2.75, 3.05) is 12.5 Å². The van der Waals surface area contributed by atoms with E-state index in [1.54, 1.807) is 0 Å². The second kappa shape index (κ2) is 4.45. The highest BCUT2D eigenvalue weighted by molar-refractivity contribution is 5.72. The third kappa shape index (κ3) is 2.15. The van der Waals surface area contributed by atoms with Gasteiger partial charge in [0, 0.05) is 5.69 Å². The van der Waals surface area contributed by atoms with Crippen molar-refractivity contribution in [1.29, 1.82) is 0 Å². The van der Waals surface area contributed by atoms with E-state index < -0.39 is 0 Å². The highest BCUT2D eigenvalue weighted by Crippen LogP contribution is 2.32. The van der Waals surface area contributed by atoms with Crippen molar-refractivity contribution in [3.63, 3.8) is 0 Å². The summed E-state index contributed by atoms with van der Waals surface area (Å²) in [6.07, 6.45) is 4.05. The van der Waals surface area contributed by atoms with Gasteiger partial charge in [0.05, 0.1) is 0 Å². The van der Waals surface area contributed by atoms with Crippen molar-refractivity contribution in [2.24, 2.45) is 0 Å². The second-order valence-electron chi connectivity index (χ2n) is 4.12. The first-order chi connectivity index (χ1) is 8.81. The molecule has 2 aromatic rings. The molecule has 3 heteroatoms. The number of nitrogen functional groups attached to an aromatic ring is 1.